The number of fused-ring (bicyclic) bond motifs is 1. The largest absolute Gasteiger partial charge is 0.493 e. The molecular formula is C22H25F2N3O3. The van der Waals surface area contributed by atoms with E-state index in [9.17, 15) is 13.6 Å². The number of nitrogens with one attached hydrogen (secondary N) is 2. The number of hydrogen-bond acceptors (Lipinski definition) is 4. The summed E-state index contributed by atoms with van der Waals surface area (Å²) < 4.78 is 35.4. The number of ether oxygens (including phenoxy) is 2. The van der Waals surface area contributed by atoms with Gasteiger partial charge in [-0.25, -0.2) is 4.79 Å². The third-order valence-electron chi connectivity index (χ3n) is 5.40. The number of halogens is 2. The van der Waals surface area contributed by atoms with E-state index in [1.807, 2.05) is 17.0 Å². The van der Waals surface area contributed by atoms with Crippen LogP contribution < -0.4 is 25.0 Å². The van der Waals surface area contributed by atoms with E-state index in [2.05, 4.69) is 21.4 Å². The van der Waals surface area contributed by atoms with Crippen molar-refractivity contribution in [2.24, 2.45) is 0 Å². The number of hydrogen-bond donors (Lipinski definition) is 2. The zero-order chi connectivity index (χ0) is 20.9. The van der Waals surface area contributed by atoms with Crippen LogP contribution in [0.5, 0.6) is 11.5 Å². The Balaban J connectivity index is 1.23. The quantitative estimate of drug-likeness (QED) is 0.725. The number of alkyl halides is 2. The van der Waals surface area contributed by atoms with Crippen LogP contribution in [0.25, 0.3) is 0 Å². The van der Waals surface area contributed by atoms with Crippen LogP contribution in [-0.2, 0) is 12.8 Å². The van der Waals surface area contributed by atoms with Gasteiger partial charge in [0.1, 0.15) is 11.5 Å². The number of anilines is 1. The Morgan fingerprint density at radius 3 is 3.00 bits per heavy atom. The number of carbonyl (C=O) groups is 1. The van der Waals surface area contributed by atoms with Crippen molar-refractivity contribution in [2.75, 3.05) is 31.1 Å². The van der Waals surface area contributed by atoms with Gasteiger partial charge in [0.25, 0.3) is 0 Å². The minimum Gasteiger partial charge on any atom is -0.493 e. The van der Waals surface area contributed by atoms with Crippen molar-refractivity contribution in [2.45, 2.75) is 31.9 Å². The molecule has 2 aromatic rings. The van der Waals surface area contributed by atoms with Gasteiger partial charge in [0.2, 0.25) is 0 Å². The van der Waals surface area contributed by atoms with E-state index < -0.39 is 6.61 Å². The first-order valence-corrected chi connectivity index (χ1v) is 10.2. The van der Waals surface area contributed by atoms with Gasteiger partial charge >= 0.3 is 12.6 Å². The molecule has 6 nitrogen and oxygen atoms in total. The molecule has 4 rings (SSSR count). The van der Waals surface area contributed by atoms with Gasteiger partial charge in [-0.15, -0.1) is 0 Å². The summed E-state index contributed by atoms with van der Waals surface area (Å²) in [5, 5.41) is 5.86. The van der Waals surface area contributed by atoms with Gasteiger partial charge in [0.05, 0.1) is 12.3 Å². The molecule has 1 fully saturated rings. The lowest BCUT2D eigenvalue weighted by molar-refractivity contribution is -0.0495. The van der Waals surface area contributed by atoms with E-state index in [0.29, 0.717) is 25.3 Å². The maximum Gasteiger partial charge on any atom is 0.387 e. The van der Waals surface area contributed by atoms with Crippen molar-refractivity contribution in [1.82, 2.24) is 10.6 Å². The van der Waals surface area contributed by atoms with Crippen LogP contribution in [0.2, 0.25) is 0 Å². The zero-order valence-corrected chi connectivity index (χ0v) is 16.6. The molecule has 1 unspecified atom stereocenters. The van der Waals surface area contributed by atoms with Gasteiger partial charge in [-0.1, -0.05) is 24.3 Å². The summed E-state index contributed by atoms with van der Waals surface area (Å²) in [5.41, 5.74) is 3.00. The number of carbonyl (C=O) groups excluding carboxylic acids is 1. The molecule has 160 valence electrons. The Bertz CT molecular complexity index is 894. The second-order valence-corrected chi connectivity index (χ2v) is 7.47. The standard InChI is InChI=1S/C22H25F2N3O3/c23-21(24)30-20-4-2-1-3-18(20)27-11-8-17(14-27)26-22(28)25-10-7-15-5-6-19-16(13-15)9-12-29-19/h1-6,13,17,21H,7-12,14H2,(H2,25,26,28). The van der Waals surface area contributed by atoms with Crippen LogP contribution in [-0.4, -0.2) is 44.9 Å². The molecule has 0 aromatic heterocycles. The summed E-state index contributed by atoms with van der Waals surface area (Å²) in [5.74, 6) is 1.10. The Kier molecular flexibility index (Phi) is 6.21. The zero-order valence-electron chi connectivity index (χ0n) is 16.6. The molecule has 0 saturated carbocycles. The van der Waals surface area contributed by atoms with Gasteiger partial charge in [-0.05, 0) is 42.2 Å². The van der Waals surface area contributed by atoms with Crippen LogP contribution in [0.1, 0.15) is 17.5 Å². The third kappa shape index (κ3) is 4.93. The van der Waals surface area contributed by atoms with E-state index in [4.69, 9.17) is 4.74 Å². The lowest BCUT2D eigenvalue weighted by Crippen LogP contribution is -2.44. The number of nitrogens with zero attached hydrogens (tertiary/aromatic N) is 1. The number of rotatable bonds is 7. The first-order valence-electron chi connectivity index (χ1n) is 10.2. The topological polar surface area (TPSA) is 62.8 Å². The van der Waals surface area contributed by atoms with Gasteiger partial charge in [-0.2, -0.15) is 8.78 Å². The molecule has 2 aliphatic rings. The maximum atomic E-state index is 12.6. The summed E-state index contributed by atoms with van der Waals surface area (Å²) in [6.45, 7) is -0.399. The average molecular weight is 417 g/mol. The Morgan fingerprint density at radius 2 is 2.13 bits per heavy atom. The first kappa shape index (κ1) is 20.3. The molecule has 2 aromatic carbocycles. The molecule has 1 atom stereocenters. The average Bonchev–Trinajstić information content (AvgIpc) is 3.37. The van der Waals surface area contributed by atoms with Crippen molar-refractivity contribution >= 4 is 11.7 Å². The predicted octanol–water partition coefficient (Wildman–Crippen LogP) is 3.34. The van der Waals surface area contributed by atoms with Crippen LogP contribution >= 0.6 is 0 Å². The molecule has 2 amide bonds. The van der Waals surface area contributed by atoms with E-state index in [-0.39, 0.29) is 17.8 Å². The van der Waals surface area contributed by atoms with Gasteiger partial charge < -0.3 is 25.0 Å². The van der Waals surface area contributed by atoms with E-state index in [1.165, 1.54) is 17.2 Å². The van der Waals surface area contributed by atoms with Gasteiger partial charge in [0, 0.05) is 32.1 Å². The smallest absolute Gasteiger partial charge is 0.387 e. The second-order valence-electron chi connectivity index (χ2n) is 7.47. The molecule has 0 bridgehead atoms. The Hall–Kier alpha value is -3.03. The number of benzene rings is 2. The molecular weight excluding hydrogens is 392 g/mol. The fraction of sp³-hybridized carbons (Fsp3) is 0.409. The predicted molar refractivity (Wildman–Crippen MR) is 110 cm³/mol. The minimum absolute atomic E-state index is 0.0539. The molecule has 0 radical (unpaired) electrons. The summed E-state index contributed by atoms with van der Waals surface area (Å²) in [6.07, 6.45) is 2.41. The molecule has 1 saturated heterocycles. The van der Waals surface area contributed by atoms with Crippen molar-refractivity contribution in [3.63, 3.8) is 0 Å². The monoisotopic (exact) mass is 417 g/mol. The SMILES string of the molecule is O=C(NCCc1ccc2c(c1)CCO2)NC1CCN(c2ccccc2OC(F)F)C1. The molecule has 30 heavy (non-hydrogen) atoms. The number of para-hydroxylation sites is 2. The summed E-state index contributed by atoms with van der Waals surface area (Å²) in [4.78, 5) is 14.2. The van der Waals surface area contributed by atoms with Crippen molar-refractivity contribution in [1.29, 1.82) is 0 Å². The van der Waals surface area contributed by atoms with Crippen molar-refractivity contribution < 1.29 is 23.0 Å². The molecule has 2 aliphatic heterocycles. The fourth-order valence-corrected chi connectivity index (χ4v) is 3.96. The highest BCUT2D eigenvalue weighted by atomic mass is 19.3. The van der Waals surface area contributed by atoms with E-state index >= 15 is 0 Å². The van der Waals surface area contributed by atoms with Crippen molar-refractivity contribution in [3.05, 3.63) is 53.6 Å². The first-order chi connectivity index (χ1) is 14.6. The summed E-state index contributed by atoms with van der Waals surface area (Å²) in [6, 6.07) is 12.6. The fourth-order valence-electron chi connectivity index (χ4n) is 3.96. The van der Waals surface area contributed by atoms with Crippen LogP contribution in [0.3, 0.4) is 0 Å². The lowest BCUT2D eigenvalue weighted by Gasteiger charge is -2.22. The highest BCUT2D eigenvalue weighted by Crippen LogP contribution is 2.31. The molecule has 8 heteroatoms. The maximum absolute atomic E-state index is 12.6. The number of amides is 2. The van der Waals surface area contributed by atoms with E-state index in [0.717, 1.165) is 31.6 Å². The lowest BCUT2D eigenvalue weighted by atomic mass is 10.1. The number of urea groups is 1. The molecule has 0 spiro atoms. The highest BCUT2D eigenvalue weighted by molar-refractivity contribution is 5.74. The van der Waals surface area contributed by atoms with Crippen molar-refractivity contribution in [3.8, 4) is 11.5 Å². The molecule has 2 N–H and O–H groups in total. The van der Waals surface area contributed by atoms with E-state index in [1.54, 1.807) is 18.2 Å². The van der Waals surface area contributed by atoms with Crippen LogP contribution in [0, 0.1) is 0 Å². The molecule has 0 aliphatic carbocycles. The Morgan fingerprint density at radius 1 is 1.27 bits per heavy atom. The minimum atomic E-state index is -2.87. The van der Waals surface area contributed by atoms with Gasteiger partial charge in [-0.3, -0.25) is 0 Å². The second kappa shape index (κ2) is 9.19. The summed E-state index contributed by atoms with van der Waals surface area (Å²) >= 11 is 0. The van der Waals surface area contributed by atoms with Crippen LogP contribution in [0.15, 0.2) is 42.5 Å². The van der Waals surface area contributed by atoms with Crippen LogP contribution in [0.4, 0.5) is 19.3 Å². The summed E-state index contributed by atoms with van der Waals surface area (Å²) in [7, 11) is 0. The molecule has 2 heterocycles. The Labute approximate surface area is 174 Å². The third-order valence-corrected chi connectivity index (χ3v) is 5.40. The van der Waals surface area contributed by atoms with Gasteiger partial charge in [0.15, 0.2) is 0 Å². The normalized spacial score (nSPS) is 17.6. The highest BCUT2D eigenvalue weighted by Gasteiger charge is 2.26.